The standard InChI is InChI=1S/C11H22N4S/c1-4-6-8-15(3)9-10-13-14-11(16-10)12-7-5-2/h4-9H2,1-3H3,(H,12,14). The lowest BCUT2D eigenvalue weighted by Crippen LogP contribution is -2.18. The maximum Gasteiger partial charge on any atom is 0.205 e. The van der Waals surface area contributed by atoms with Crippen LogP contribution < -0.4 is 5.32 Å². The molecule has 16 heavy (non-hydrogen) atoms. The smallest absolute Gasteiger partial charge is 0.205 e. The molecule has 0 saturated carbocycles. The highest BCUT2D eigenvalue weighted by atomic mass is 32.1. The van der Waals surface area contributed by atoms with Crippen molar-refractivity contribution < 1.29 is 0 Å². The van der Waals surface area contributed by atoms with Crippen LogP contribution in [0.5, 0.6) is 0 Å². The molecule has 0 amide bonds. The number of hydrogen-bond acceptors (Lipinski definition) is 5. The molecule has 0 unspecified atom stereocenters. The van der Waals surface area contributed by atoms with Gasteiger partial charge in [0.2, 0.25) is 5.13 Å². The number of anilines is 1. The first-order chi connectivity index (χ1) is 7.76. The number of unbranched alkanes of at least 4 members (excludes halogenated alkanes) is 1. The zero-order chi connectivity index (χ0) is 11.8. The van der Waals surface area contributed by atoms with Crippen molar-refractivity contribution in [3.63, 3.8) is 0 Å². The van der Waals surface area contributed by atoms with Gasteiger partial charge in [-0.15, -0.1) is 10.2 Å². The summed E-state index contributed by atoms with van der Waals surface area (Å²) in [5.74, 6) is 0. The fraction of sp³-hybridized carbons (Fsp3) is 0.818. The molecule has 5 heteroatoms. The van der Waals surface area contributed by atoms with Crippen molar-refractivity contribution in [3.05, 3.63) is 5.01 Å². The molecule has 0 spiro atoms. The van der Waals surface area contributed by atoms with Gasteiger partial charge in [0.15, 0.2) is 0 Å². The molecule has 0 aliphatic rings. The van der Waals surface area contributed by atoms with Gasteiger partial charge in [0, 0.05) is 6.54 Å². The Morgan fingerprint density at radius 1 is 1.25 bits per heavy atom. The van der Waals surface area contributed by atoms with E-state index in [-0.39, 0.29) is 0 Å². The molecule has 1 aromatic heterocycles. The fourth-order valence-corrected chi connectivity index (χ4v) is 2.20. The zero-order valence-corrected chi connectivity index (χ0v) is 11.3. The Morgan fingerprint density at radius 3 is 2.75 bits per heavy atom. The summed E-state index contributed by atoms with van der Waals surface area (Å²) in [5.41, 5.74) is 0. The third kappa shape index (κ3) is 4.90. The van der Waals surface area contributed by atoms with Gasteiger partial charge in [-0.3, -0.25) is 4.90 Å². The van der Waals surface area contributed by atoms with Crippen molar-refractivity contribution in [1.29, 1.82) is 0 Å². The first-order valence-corrected chi connectivity index (χ1v) is 6.82. The van der Waals surface area contributed by atoms with Crippen molar-refractivity contribution in [3.8, 4) is 0 Å². The van der Waals surface area contributed by atoms with Crippen LogP contribution in [-0.4, -0.2) is 35.2 Å². The van der Waals surface area contributed by atoms with Crippen molar-refractivity contribution in [2.75, 3.05) is 25.5 Å². The van der Waals surface area contributed by atoms with Crippen molar-refractivity contribution in [2.45, 2.75) is 39.7 Å². The summed E-state index contributed by atoms with van der Waals surface area (Å²) >= 11 is 1.66. The molecule has 0 atom stereocenters. The van der Waals surface area contributed by atoms with E-state index in [1.165, 1.54) is 12.8 Å². The van der Waals surface area contributed by atoms with E-state index in [0.29, 0.717) is 0 Å². The second kappa shape index (κ2) is 7.57. The van der Waals surface area contributed by atoms with E-state index in [1.54, 1.807) is 11.3 Å². The SMILES string of the molecule is CCCCN(C)Cc1nnc(NCCC)s1. The summed E-state index contributed by atoms with van der Waals surface area (Å²) in [4.78, 5) is 2.30. The Morgan fingerprint density at radius 2 is 2.06 bits per heavy atom. The van der Waals surface area contributed by atoms with E-state index in [4.69, 9.17) is 0 Å². The molecule has 0 bridgehead atoms. The summed E-state index contributed by atoms with van der Waals surface area (Å²) in [6.45, 7) is 7.37. The van der Waals surface area contributed by atoms with E-state index in [0.717, 1.165) is 36.2 Å². The average Bonchev–Trinajstić information content (AvgIpc) is 2.71. The molecule has 4 nitrogen and oxygen atoms in total. The molecule has 1 N–H and O–H groups in total. The van der Waals surface area contributed by atoms with Gasteiger partial charge in [0.05, 0.1) is 6.54 Å². The van der Waals surface area contributed by atoms with Crippen LogP contribution in [0.1, 0.15) is 38.1 Å². The molecule has 1 rings (SSSR count). The molecule has 92 valence electrons. The normalized spacial score (nSPS) is 11.0. The molecule has 1 heterocycles. The van der Waals surface area contributed by atoms with Gasteiger partial charge in [-0.2, -0.15) is 0 Å². The summed E-state index contributed by atoms with van der Waals surface area (Å²) in [6.07, 6.45) is 3.60. The van der Waals surface area contributed by atoms with E-state index in [2.05, 4.69) is 41.3 Å². The van der Waals surface area contributed by atoms with Gasteiger partial charge in [0.1, 0.15) is 5.01 Å². The predicted molar refractivity (Wildman–Crippen MR) is 69.9 cm³/mol. The Kier molecular flexibility index (Phi) is 6.33. The molecular formula is C11H22N4S. The van der Waals surface area contributed by atoms with Crippen LogP contribution in [0.15, 0.2) is 0 Å². The van der Waals surface area contributed by atoms with Crippen LogP contribution in [0.3, 0.4) is 0 Å². The first kappa shape index (κ1) is 13.4. The van der Waals surface area contributed by atoms with Crippen molar-refractivity contribution >= 4 is 16.5 Å². The number of rotatable bonds is 8. The van der Waals surface area contributed by atoms with E-state index < -0.39 is 0 Å². The summed E-state index contributed by atoms with van der Waals surface area (Å²) in [6, 6.07) is 0. The van der Waals surface area contributed by atoms with Gasteiger partial charge in [-0.1, -0.05) is 31.6 Å². The highest BCUT2D eigenvalue weighted by molar-refractivity contribution is 7.15. The van der Waals surface area contributed by atoms with Gasteiger partial charge in [-0.05, 0) is 26.4 Å². The van der Waals surface area contributed by atoms with E-state index in [9.17, 15) is 0 Å². The lowest BCUT2D eigenvalue weighted by Gasteiger charge is -2.13. The zero-order valence-electron chi connectivity index (χ0n) is 10.5. The van der Waals surface area contributed by atoms with Gasteiger partial charge in [-0.25, -0.2) is 0 Å². The number of hydrogen-bond donors (Lipinski definition) is 1. The molecule has 1 aromatic rings. The Balaban J connectivity index is 2.33. The molecule has 0 aliphatic carbocycles. The molecule has 0 aliphatic heterocycles. The van der Waals surface area contributed by atoms with Crippen molar-refractivity contribution in [2.24, 2.45) is 0 Å². The number of nitrogens with zero attached hydrogens (tertiary/aromatic N) is 3. The lowest BCUT2D eigenvalue weighted by atomic mass is 10.3. The van der Waals surface area contributed by atoms with Crippen LogP contribution in [0.25, 0.3) is 0 Å². The minimum absolute atomic E-state index is 0.908. The third-order valence-corrected chi connectivity index (χ3v) is 3.16. The van der Waals surface area contributed by atoms with Crippen LogP contribution in [0.2, 0.25) is 0 Å². The summed E-state index contributed by atoms with van der Waals surface area (Å²) in [7, 11) is 2.14. The van der Waals surface area contributed by atoms with Crippen LogP contribution >= 0.6 is 11.3 Å². The minimum atomic E-state index is 0.908. The Labute approximate surface area is 102 Å². The maximum absolute atomic E-state index is 4.18. The molecular weight excluding hydrogens is 220 g/mol. The number of aromatic nitrogens is 2. The van der Waals surface area contributed by atoms with Crippen molar-refractivity contribution in [1.82, 2.24) is 15.1 Å². The second-order valence-corrected chi connectivity index (χ2v) is 5.08. The van der Waals surface area contributed by atoms with E-state index in [1.807, 2.05) is 0 Å². The Bertz CT molecular complexity index is 287. The Hall–Kier alpha value is -0.680. The summed E-state index contributed by atoms with van der Waals surface area (Å²) < 4.78 is 0. The summed E-state index contributed by atoms with van der Waals surface area (Å²) in [5, 5.41) is 13.6. The van der Waals surface area contributed by atoms with Gasteiger partial charge in [0.25, 0.3) is 0 Å². The van der Waals surface area contributed by atoms with Gasteiger partial charge >= 0.3 is 0 Å². The predicted octanol–water partition coefficient (Wildman–Crippen LogP) is 2.59. The molecule has 0 radical (unpaired) electrons. The molecule has 0 aromatic carbocycles. The van der Waals surface area contributed by atoms with Crippen LogP contribution in [-0.2, 0) is 6.54 Å². The van der Waals surface area contributed by atoms with Gasteiger partial charge < -0.3 is 5.32 Å². The van der Waals surface area contributed by atoms with E-state index >= 15 is 0 Å². The largest absolute Gasteiger partial charge is 0.360 e. The molecule has 0 fully saturated rings. The highest BCUT2D eigenvalue weighted by Crippen LogP contribution is 2.16. The minimum Gasteiger partial charge on any atom is -0.360 e. The first-order valence-electron chi connectivity index (χ1n) is 6.01. The third-order valence-electron chi connectivity index (χ3n) is 2.29. The highest BCUT2D eigenvalue weighted by Gasteiger charge is 2.06. The molecule has 0 saturated heterocycles. The quantitative estimate of drug-likeness (QED) is 0.761. The maximum atomic E-state index is 4.18. The number of nitrogens with one attached hydrogen (secondary N) is 1. The topological polar surface area (TPSA) is 41.1 Å². The second-order valence-electron chi connectivity index (χ2n) is 4.02. The van der Waals surface area contributed by atoms with Crippen LogP contribution in [0, 0.1) is 0 Å². The monoisotopic (exact) mass is 242 g/mol. The average molecular weight is 242 g/mol. The lowest BCUT2D eigenvalue weighted by molar-refractivity contribution is 0.319. The fourth-order valence-electron chi connectivity index (χ4n) is 1.36. The van der Waals surface area contributed by atoms with Crippen LogP contribution in [0.4, 0.5) is 5.13 Å².